The molecule has 1 rings (SSSR count). The molecule has 1 heteroatoms. The third kappa shape index (κ3) is 1.56. The van der Waals surface area contributed by atoms with Gasteiger partial charge in [-0.25, -0.2) is 0 Å². The van der Waals surface area contributed by atoms with E-state index >= 15 is 0 Å². The number of aromatic nitrogens is 1. The van der Waals surface area contributed by atoms with Crippen LogP contribution >= 0.6 is 0 Å². The van der Waals surface area contributed by atoms with Crippen LogP contribution in [0, 0.1) is 6.92 Å². The summed E-state index contributed by atoms with van der Waals surface area (Å²) in [4.78, 5) is 4.20. The predicted molar refractivity (Wildman–Crippen MR) is 43.0 cm³/mol. The van der Waals surface area contributed by atoms with Crippen molar-refractivity contribution in [1.82, 2.24) is 4.98 Å². The van der Waals surface area contributed by atoms with Crippen molar-refractivity contribution in [3.8, 4) is 0 Å². The fourth-order valence-electron chi connectivity index (χ4n) is 1.05. The lowest BCUT2D eigenvalue weighted by Gasteiger charge is -2.00. The Balaban J connectivity index is 2.81. The summed E-state index contributed by atoms with van der Waals surface area (Å²) in [5, 5.41) is 0. The van der Waals surface area contributed by atoms with Gasteiger partial charge in [0, 0.05) is 11.9 Å². The monoisotopic (exact) mass is 135 g/mol. The Kier molecular flexibility index (Phi) is 2.43. The first kappa shape index (κ1) is 7.26. The minimum absolute atomic E-state index is 1.15. The van der Waals surface area contributed by atoms with Crippen LogP contribution in [0.5, 0.6) is 0 Å². The Hall–Kier alpha value is -0.850. The zero-order chi connectivity index (χ0) is 7.40. The summed E-state index contributed by atoms with van der Waals surface area (Å²) in [7, 11) is 0. The van der Waals surface area contributed by atoms with Gasteiger partial charge < -0.3 is 0 Å². The van der Waals surface area contributed by atoms with E-state index in [9.17, 15) is 0 Å². The summed E-state index contributed by atoms with van der Waals surface area (Å²) < 4.78 is 0. The van der Waals surface area contributed by atoms with E-state index in [4.69, 9.17) is 0 Å². The molecule has 0 fully saturated rings. The van der Waals surface area contributed by atoms with Gasteiger partial charge in [0.15, 0.2) is 0 Å². The molecule has 1 aromatic heterocycles. The molecule has 0 saturated carbocycles. The van der Waals surface area contributed by atoms with Crippen molar-refractivity contribution in [3.63, 3.8) is 0 Å². The molecule has 10 heavy (non-hydrogen) atoms. The van der Waals surface area contributed by atoms with E-state index in [1.807, 2.05) is 12.3 Å². The van der Waals surface area contributed by atoms with E-state index in [0.29, 0.717) is 0 Å². The predicted octanol–water partition coefficient (Wildman–Crippen LogP) is 2.34. The summed E-state index contributed by atoms with van der Waals surface area (Å²) >= 11 is 0. The van der Waals surface area contributed by atoms with Gasteiger partial charge in [-0.2, -0.15) is 0 Å². The Morgan fingerprint density at radius 3 is 2.90 bits per heavy atom. The fourth-order valence-corrected chi connectivity index (χ4v) is 1.05. The van der Waals surface area contributed by atoms with Gasteiger partial charge in [0.05, 0.1) is 0 Å². The molecule has 0 unspecified atom stereocenters. The first-order valence-corrected chi connectivity index (χ1v) is 3.75. The van der Waals surface area contributed by atoms with Gasteiger partial charge in [-0.1, -0.05) is 19.4 Å². The number of rotatable bonds is 2. The Labute approximate surface area is 62.1 Å². The highest BCUT2D eigenvalue weighted by molar-refractivity contribution is 5.17. The summed E-state index contributed by atoms with van der Waals surface area (Å²) in [6, 6.07) is 4.14. The number of nitrogens with zero attached hydrogens (tertiary/aromatic N) is 1. The average Bonchev–Trinajstić information content (AvgIpc) is 1.94. The van der Waals surface area contributed by atoms with Crippen molar-refractivity contribution in [2.24, 2.45) is 0 Å². The first-order chi connectivity index (χ1) is 4.84. The second-order valence-corrected chi connectivity index (χ2v) is 2.50. The van der Waals surface area contributed by atoms with Gasteiger partial charge in [0.2, 0.25) is 0 Å². The summed E-state index contributed by atoms with van der Waals surface area (Å²) in [5.74, 6) is 0. The number of hydrogen-bond acceptors (Lipinski definition) is 1. The molecule has 0 N–H and O–H groups in total. The van der Waals surface area contributed by atoms with E-state index in [1.54, 1.807) is 0 Å². The third-order valence-electron chi connectivity index (χ3n) is 1.64. The smallest absolute Gasteiger partial charge is 0.0404 e. The molecular formula is C9H13N. The number of hydrogen-bond donors (Lipinski definition) is 0. The normalized spacial score (nSPS) is 9.80. The SMILES string of the molecule is CCCc1cccnc1C. The van der Waals surface area contributed by atoms with Crippen LogP contribution in [0.3, 0.4) is 0 Å². The molecular weight excluding hydrogens is 122 g/mol. The topological polar surface area (TPSA) is 12.9 Å². The highest BCUT2D eigenvalue weighted by atomic mass is 14.7. The molecule has 54 valence electrons. The van der Waals surface area contributed by atoms with Gasteiger partial charge in [-0.15, -0.1) is 0 Å². The van der Waals surface area contributed by atoms with E-state index in [0.717, 1.165) is 6.42 Å². The van der Waals surface area contributed by atoms with Crippen molar-refractivity contribution in [3.05, 3.63) is 29.6 Å². The highest BCUT2D eigenvalue weighted by Gasteiger charge is 1.93. The fraction of sp³-hybridized carbons (Fsp3) is 0.444. The molecule has 1 heterocycles. The van der Waals surface area contributed by atoms with Gasteiger partial charge in [0.1, 0.15) is 0 Å². The van der Waals surface area contributed by atoms with E-state index in [2.05, 4.69) is 24.9 Å². The molecule has 0 radical (unpaired) electrons. The van der Waals surface area contributed by atoms with Crippen LogP contribution in [-0.4, -0.2) is 4.98 Å². The van der Waals surface area contributed by atoms with Crippen LogP contribution in [0.1, 0.15) is 24.6 Å². The molecule has 0 aliphatic heterocycles. The lowest BCUT2D eigenvalue weighted by Crippen LogP contribution is -1.89. The van der Waals surface area contributed by atoms with Crippen LogP contribution < -0.4 is 0 Å². The number of aryl methyl sites for hydroxylation is 2. The molecule has 0 bridgehead atoms. The van der Waals surface area contributed by atoms with E-state index in [1.165, 1.54) is 17.7 Å². The largest absolute Gasteiger partial charge is 0.261 e. The Morgan fingerprint density at radius 1 is 1.50 bits per heavy atom. The van der Waals surface area contributed by atoms with Crippen LogP contribution in [0.4, 0.5) is 0 Å². The summed E-state index contributed by atoms with van der Waals surface area (Å²) in [6.07, 6.45) is 4.20. The standard InChI is InChI=1S/C9H13N/c1-3-5-9-6-4-7-10-8(9)2/h4,6-7H,3,5H2,1-2H3. The zero-order valence-electron chi connectivity index (χ0n) is 6.59. The zero-order valence-corrected chi connectivity index (χ0v) is 6.59. The molecule has 0 atom stereocenters. The summed E-state index contributed by atoms with van der Waals surface area (Å²) in [6.45, 7) is 4.25. The van der Waals surface area contributed by atoms with E-state index in [-0.39, 0.29) is 0 Å². The van der Waals surface area contributed by atoms with Crippen molar-refractivity contribution in [2.45, 2.75) is 26.7 Å². The van der Waals surface area contributed by atoms with E-state index < -0.39 is 0 Å². The quantitative estimate of drug-likeness (QED) is 0.606. The average molecular weight is 135 g/mol. The minimum Gasteiger partial charge on any atom is -0.261 e. The van der Waals surface area contributed by atoms with Crippen LogP contribution in [0.15, 0.2) is 18.3 Å². The van der Waals surface area contributed by atoms with Crippen LogP contribution in [-0.2, 0) is 6.42 Å². The molecule has 0 aromatic carbocycles. The van der Waals surface area contributed by atoms with Crippen molar-refractivity contribution < 1.29 is 0 Å². The highest BCUT2D eigenvalue weighted by Crippen LogP contribution is 2.05. The molecule has 1 aromatic rings. The van der Waals surface area contributed by atoms with Crippen molar-refractivity contribution in [1.29, 1.82) is 0 Å². The van der Waals surface area contributed by atoms with Gasteiger partial charge in [0.25, 0.3) is 0 Å². The Morgan fingerprint density at radius 2 is 2.30 bits per heavy atom. The Bertz CT molecular complexity index is 206. The molecule has 0 aliphatic carbocycles. The molecule has 1 nitrogen and oxygen atoms in total. The van der Waals surface area contributed by atoms with Gasteiger partial charge in [-0.05, 0) is 25.0 Å². The van der Waals surface area contributed by atoms with Gasteiger partial charge in [-0.3, -0.25) is 4.98 Å². The van der Waals surface area contributed by atoms with Gasteiger partial charge >= 0.3 is 0 Å². The third-order valence-corrected chi connectivity index (χ3v) is 1.64. The number of pyridine rings is 1. The minimum atomic E-state index is 1.15. The van der Waals surface area contributed by atoms with Crippen molar-refractivity contribution >= 4 is 0 Å². The lowest BCUT2D eigenvalue weighted by atomic mass is 10.1. The first-order valence-electron chi connectivity index (χ1n) is 3.75. The maximum atomic E-state index is 4.20. The molecule has 0 amide bonds. The van der Waals surface area contributed by atoms with Crippen LogP contribution in [0.2, 0.25) is 0 Å². The van der Waals surface area contributed by atoms with Crippen molar-refractivity contribution in [2.75, 3.05) is 0 Å². The van der Waals surface area contributed by atoms with Crippen LogP contribution in [0.25, 0.3) is 0 Å². The second kappa shape index (κ2) is 3.35. The lowest BCUT2D eigenvalue weighted by molar-refractivity contribution is 0.898. The molecule has 0 saturated heterocycles. The molecule has 0 aliphatic rings. The maximum absolute atomic E-state index is 4.20. The molecule has 0 spiro atoms. The maximum Gasteiger partial charge on any atom is 0.0404 e. The summed E-state index contributed by atoms with van der Waals surface area (Å²) in [5.41, 5.74) is 2.55. The second-order valence-electron chi connectivity index (χ2n) is 2.50.